The van der Waals surface area contributed by atoms with Crippen LogP contribution in [0.1, 0.15) is 63.5 Å². The van der Waals surface area contributed by atoms with Gasteiger partial charge in [0.15, 0.2) is 0 Å². The van der Waals surface area contributed by atoms with Gasteiger partial charge in [-0.25, -0.2) is 0 Å². The molecule has 0 saturated heterocycles. The van der Waals surface area contributed by atoms with Crippen LogP contribution < -0.4 is 0 Å². The molecule has 0 saturated carbocycles. The second-order valence-electron chi connectivity index (χ2n) is 4.40. The van der Waals surface area contributed by atoms with Gasteiger partial charge >= 0.3 is 0 Å². The Bertz CT molecular complexity index is 289. The van der Waals surface area contributed by atoms with E-state index in [1.807, 2.05) is 0 Å². The molecule has 0 heterocycles. The maximum atomic E-state index is 4.70. The van der Waals surface area contributed by atoms with E-state index in [-0.39, 0.29) is 0 Å². The molecule has 0 radical (unpaired) electrons. The molecule has 0 bridgehead atoms. The van der Waals surface area contributed by atoms with E-state index in [4.69, 9.17) is 12.6 Å². The van der Waals surface area contributed by atoms with Gasteiger partial charge in [-0.15, -0.1) is 12.6 Å². The largest absolute Gasteiger partial charge is 0.143 e. The molecule has 2 unspecified atom stereocenters. The molecule has 1 heteroatoms. The van der Waals surface area contributed by atoms with Crippen LogP contribution in [0.4, 0.5) is 0 Å². The third-order valence-electron chi connectivity index (χ3n) is 3.39. The van der Waals surface area contributed by atoms with Gasteiger partial charge < -0.3 is 0 Å². The summed E-state index contributed by atoms with van der Waals surface area (Å²) in [5.74, 6) is 1.23. The van der Waals surface area contributed by atoms with Crippen LogP contribution in [0.5, 0.6) is 0 Å². The first kappa shape index (κ1) is 12.6. The fourth-order valence-corrected chi connectivity index (χ4v) is 2.40. The molecule has 0 aliphatic carbocycles. The van der Waals surface area contributed by atoms with Crippen molar-refractivity contribution in [2.24, 2.45) is 0 Å². The van der Waals surface area contributed by atoms with E-state index in [2.05, 4.69) is 45.9 Å². The molecule has 0 fully saturated rings. The normalized spacial score (nSPS) is 15.0. The average molecular weight is 222 g/mol. The molecule has 0 aromatic heterocycles. The van der Waals surface area contributed by atoms with Crippen LogP contribution in [0.25, 0.3) is 0 Å². The SMILES string of the molecule is CCC(C)c1cccc(C(C)CC)c1S. The molecule has 0 amide bonds. The minimum Gasteiger partial charge on any atom is -0.143 e. The average Bonchev–Trinajstić information content (AvgIpc) is 2.27. The zero-order valence-corrected chi connectivity index (χ0v) is 11.1. The summed E-state index contributed by atoms with van der Waals surface area (Å²) in [7, 11) is 0. The summed E-state index contributed by atoms with van der Waals surface area (Å²) in [6, 6.07) is 6.59. The summed E-state index contributed by atoms with van der Waals surface area (Å²) in [6.45, 7) is 9.01. The van der Waals surface area contributed by atoms with E-state index < -0.39 is 0 Å². The van der Waals surface area contributed by atoms with Crippen LogP contribution in [-0.2, 0) is 0 Å². The zero-order chi connectivity index (χ0) is 11.4. The summed E-state index contributed by atoms with van der Waals surface area (Å²) in [5, 5.41) is 0. The molecular weight excluding hydrogens is 200 g/mol. The molecule has 15 heavy (non-hydrogen) atoms. The molecule has 1 aromatic rings. The van der Waals surface area contributed by atoms with Crippen LogP contribution in [0, 0.1) is 0 Å². The van der Waals surface area contributed by atoms with Crippen molar-refractivity contribution in [3.63, 3.8) is 0 Å². The predicted molar refractivity (Wildman–Crippen MR) is 71.1 cm³/mol. The molecule has 0 N–H and O–H groups in total. The minimum absolute atomic E-state index is 0.613. The number of thiol groups is 1. The van der Waals surface area contributed by atoms with E-state index in [0.29, 0.717) is 11.8 Å². The first-order valence-electron chi connectivity index (χ1n) is 5.93. The standard InChI is InChI=1S/C14H22S/c1-5-10(3)12-8-7-9-13(14(12)15)11(4)6-2/h7-11,15H,5-6H2,1-4H3. The van der Waals surface area contributed by atoms with Gasteiger partial charge in [-0.1, -0.05) is 45.9 Å². The van der Waals surface area contributed by atoms with Crippen molar-refractivity contribution < 1.29 is 0 Å². The first-order chi connectivity index (χ1) is 7.11. The monoisotopic (exact) mass is 222 g/mol. The van der Waals surface area contributed by atoms with E-state index in [1.54, 1.807) is 0 Å². The second kappa shape index (κ2) is 5.60. The highest BCUT2D eigenvalue weighted by atomic mass is 32.1. The highest BCUT2D eigenvalue weighted by Crippen LogP contribution is 2.32. The summed E-state index contributed by atoms with van der Waals surface area (Å²) in [6.07, 6.45) is 2.36. The quantitative estimate of drug-likeness (QED) is 0.681. The molecule has 0 nitrogen and oxygen atoms in total. The lowest BCUT2D eigenvalue weighted by atomic mass is 9.91. The Morgan fingerprint density at radius 2 is 1.40 bits per heavy atom. The van der Waals surface area contributed by atoms with Crippen molar-refractivity contribution >= 4 is 12.6 Å². The van der Waals surface area contributed by atoms with E-state index in [1.165, 1.54) is 28.9 Å². The Hall–Kier alpha value is -0.430. The molecule has 2 atom stereocenters. The maximum Gasteiger partial charge on any atom is 0.0110 e. The Kier molecular flexibility index (Phi) is 4.72. The summed E-state index contributed by atoms with van der Waals surface area (Å²) >= 11 is 4.70. The number of hydrogen-bond donors (Lipinski definition) is 1. The Morgan fingerprint density at radius 3 is 1.73 bits per heavy atom. The summed E-state index contributed by atoms with van der Waals surface area (Å²) in [5.41, 5.74) is 2.80. The molecule has 1 aromatic carbocycles. The Morgan fingerprint density at radius 1 is 1.00 bits per heavy atom. The van der Waals surface area contributed by atoms with Gasteiger partial charge in [-0.3, -0.25) is 0 Å². The number of benzene rings is 1. The number of hydrogen-bond acceptors (Lipinski definition) is 1. The van der Waals surface area contributed by atoms with Gasteiger partial charge in [0.1, 0.15) is 0 Å². The maximum absolute atomic E-state index is 4.70. The fraction of sp³-hybridized carbons (Fsp3) is 0.571. The fourth-order valence-electron chi connectivity index (χ4n) is 1.82. The molecule has 0 aliphatic rings. The molecule has 0 spiro atoms. The van der Waals surface area contributed by atoms with Crippen molar-refractivity contribution in [2.45, 2.75) is 57.3 Å². The first-order valence-corrected chi connectivity index (χ1v) is 6.38. The summed E-state index contributed by atoms with van der Waals surface area (Å²) < 4.78 is 0. The van der Waals surface area contributed by atoms with Gasteiger partial charge in [-0.05, 0) is 35.8 Å². The van der Waals surface area contributed by atoms with Crippen LogP contribution >= 0.6 is 12.6 Å². The van der Waals surface area contributed by atoms with Gasteiger partial charge in [0.25, 0.3) is 0 Å². The van der Waals surface area contributed by atoms with Crippen LogP contribution in [0.3, 0.4) is 0 Å². The lowest BCUT2D eigenvalue weighted by Crippen LogP contribution is -1.99. The predicted octanol–water partition coefficient (Wildman–Crippen LogP) is 5.00. The van der Waals surface area contributed by atoms with Gasteiger partial charge in [0, 0.05) is 4.90 Å². The highest BCUT2D eigenvalue weighted by Gasteiger charge is 2.13. The van der Waals surface area contributed by atoms with Crippen LogP contribution in [-0.4, -0.2) is 0 Å². The lowest BCUT2D eigenvalue weighted by molar-refractivity contribution is 0.686. The highest BCUT2D eigenvalue weighted by molar-refractivity contribution is 7.80. The van der Waals surface area contributed by atoms with Gasteiger partial charge in [0.2, 0.25) is 0 Å². The Balaban J connectivity index is 3.11. The minimum atomic E-state index is 0.613. The number of rotatable bonds is 4. The third-order valence-corrected chi connectivity index (χ3v) is 3.90. The second-order valence-corrected chi connectivity index (χ2v) is 4.85. The van der Waals surface area contributed by atoms with Crippen molar-refractivity contribution in [2.75, 3.05) is 0 Å². The Labute approximate surface area is 99.5 Å². The van der Waals surface area contributed by atoms with Crippen molar-refractivity contribution in [1.82, 2.24) is 0 Å². The zero-order valence-electron chi connectivity index (χ0n) is 10.2. The lowest BCUT2D eigenvalue weighted by Gasteiger charge is -2.18. The van der Waals surface area contributed by atoms with Crippen molar-refractivity contribution in [3.05, 3.63) is 29.3 Å². The smallest absolute Gasteiger partial charge is 0.0110 e. The molecular formula is C14H22S. The summed E-state index contributed by atoms with van der Waals surface area (Å²) in [4.78, 5) is 1.21. The topological polar surface area (TPSA) is 0 Å². The van der Waals surface area contributed by atoms with E-state index in [9.17, 15) is 0 Å². The van der Waals surface area contributed by atoms with Gasteiger partial charge in [-0.2, -0.15) is 0 Å². The molecule has 0 aliphatic heterocycles. The van der Waals surface area contributed by atoms with Crippen LogP contribution in [0.15, 0.2) is 23.1 Å². The molecule has 1 rings (SSSR count). The third kappa shape index (κ3) is 2.78. The van der Waals surface area contributed by atoms with E-state index in [0.717, 1.165) is 0 Å². The van der Waals surface area contributed by atoms with Crippen molar-refractivity contribution in [3.8, 4) is 0 Å². The molecule has 84 valence electrons. The van der Waals surface area contributed by atoms with Gasteiger partial charge in [0.05, 0.1) is 0 Å². The van der Waals surface area contributed by atoms with Crippen LogP contribution in [0.2, 0.25) is 0 Å². The van der Waals surface area contributed by atoms with E-state index >= 15 is 0 Å². The van der Waals surface area contributed by atoms with Crippen molar-refractivity contribution in [1.29, 1.82) is 0 Å².